The van der Waals surface area contributed by atoms with E-state index < -0.39 is 0 Å². The van der Waals surface area contributed by atoms with Crippen LogP contribution in [-0.4, -0.2) is 22.6 Å². The van der Waals surface area contributed by atoms with E-state index in [9.17, 15) is 4.79 Å². The van der Waals surface area contributed by atoms with Gasteiger partial charge in [0, 0.05) is 24.2 Å². The number of carbonyl (C=O) groups excluding carboxylic acids is 1. The normalized spacial score (nSPS) is 10.3. The van der Waals surface area contributed by atoms with Gasteiger partial charge in [0.2, 0.25) is 0 Å². The highest BCUT2D eigenvalue weighted by Gasteiger charge is 2.06. The van der Waals surface area contributed by atoms with Crippen LogP contribution in [-0.2, 0) is 6.42 Å². The Hall–Kier alpha value is -2.20. The van der Waals surface area contributed by atoms with Crippen molar-refractivity contribution in [2.45, 2.75) is 19.8 Å². The zero-order valence-electron chi connectivity index (χ0n) is 11.5. The molecule has 2 aromatic rings. The molecule has 0 unspecified atom stereocenters. The molecule has 1 heterocycles. The number of pyridine rings is 1. The summed E-state index contributed by atoms with van der Waals surface area (Å²) in [6.45, 7) is 2.05. The Morgan fingerprint density at radius 1 is 1.30 bits per heavy atom. The molecule has 4 nitrogen and oxygen atoms in total. The van der Waals surface area contributed by atoms with Crippen LogP contribution in [0.5, 0.6) is 0 Å². The second-order valence-electron chi connectivity index (χ2n) is 4.67. The van der Waals surface area contributed by atoms with Crippen LogP contribution in [0.4, 0.5) is 5.69 Å². The summed E-state index contributed by atoms with van der Waals surface area (Å²) < 4.78 is 0. The number of carbonyl (C=O) groups is 1. The molecular formula is C16H18N2O2. The number of aryl methyl sites for hydroxylation is 2. The molecule has 1 aromatic carbocycles. The first kappa shape index (κ1) is 14.2. The summed E-state index contributed by atoms with van der Waals surface area (Å²) in [7, 11) is 0. The predicted molar refractivity (Wildman–Crippen MR) is 78.8 cm³/mol. The van der Waals surface area contributed by atoms with Gasteiger partial charge in [0.25, 0.3) is 5.91 Å². The van der Waals surface area contributed by atoms with Crippen molar-refractivity contribution in [1.82, 2.24) is 4.98 Å². The Bertz CT molecular complexity index is 579. The lowest BCUT2D eigenvalue weighted by Gasteiger charge is -2.07. The summed E-state index contributed by atoms with van der Waals surface area (Å²) in [6, 6.07) is 11.2. The topological polar surface area (TPSA) is 62.2 Å². The molecule has 0 bridgehead atoms. The molecule has 0 fully saturated rings. The third-order valence-corrected chi connectivity index (χ3v) is 2.98. The van der Waals surface area contributed by atoms with Gasteiger partial charge in [0.15, 0.2) is 0 Å². The lowest BCUT2D eigenvalue weighted by atomic mass is 10.1. The summed E-state index contributed by atoms with van der Waals surface area (Å²) in [5.41, 5.74) is 3.27. The van der Waals surface area contributed by atoms with Crippen LogP contribution in [0.2, 0.25) is 0 Å². The van der Waals surface area contributed by atoms with E-state index in [1.165, 1.54) is 0 Å². The molecule has 2 N–H and O–H groups in total. The first-order valence-corrected chi connectivity index (χ1v) is 6.63. The molecule has 0 radical (unpaired) electrons. The van der Waals surface area contributed by atoms with Gasteiger partial charge in [0.05, 0.1) is 5.56 Å². The van der Waals surface area contributed by atoms with Crippen LogP contribution in [0.25, 0.3) is 0 Å². The van der Waals surface area contributed by atoms with Gasteiger partial charge in [-0.2, -0.15) is 0 Å². The summed E-state index contributed by atoms with van der Waals surface area (Å²) >= 11 is 0. The van der Waals surface area contributed by atoms with Crippen LogP contribution >= 0.6 is 0 Å². The average molecular weight is 270 g/mol. The van der Waals surface area contributed by atoms with Crippen molar-refractivity contribution in [2.24, 2.45) is 0 Å². The second-order valence-corrected chi connectivity index (χ2v) is 4.67. The first-order chi connectivity index (χ1) is 9.69. The van der Waals surface area contributed by atoms with Crippen molar-refractivity contribution in [3.8, 4) is 0 Å². The number of anilines is 1. The maximum Gasteiger partial charge on any atom is 0.257 e. The van der Waals surface area contributed by atoms with E-state index in [-0.39, 0.29) is 12.5 Å². The van der Waals surface area contributed by atoms with E-state index in [2.05, 4.69) is 10.3 Å². The second kappa shape index (κ2) is 6.82. The molecule has 0 aliphatic rings. The summed E-state index contributed by atoms with van der Waals surface area (Å²) in [5.74, 6) is -0.170. The van der Waals surface area contributed by atoms with Crippen molar-refractivity contribution >= 4 is 11.6 Å². The van der Waals surface area contributed by atoms with Gasteiger partial charge in [0.1, 0.15) is 0 Å². The van der Waals surface area contributed by atoms with E-state index >= 15 is 0 Å². The van der Waals surface area contributed by atoms with Crippen LogP contribution in [0.1, 0.15) is 28.0 Å². The minimum Gasteiger partial charge on any atom is -0.396 e. The molecule has 0 aliphatic carbocycles. The lowest BCUT2D eigenvalue weighted by Crippen LogP contribution is -2.12. The van der Waals surface area contributed by atoms with E-state index in [0.717, 1.165) is 29.8 Å². The number of hydrogen-bond donors (Lipinski definition) is 2. The largest absolute Gasteiger partial charge is 0.396 e. The van der Waals surface area contributed by atoms with Crippen molar-refractivity contribution in [3.63, 3.8) is 0 Å². The maximum atomic E-state index is 12.1. The highest BCUT2D eigenvalue weighted by molar-refractivity contribution is 6.04. The quantitative estimate of drug-likeness (QED) is 0.877. The van der Waals surface area contributed by atoms with Crippen LogP contribution < -0.4 is 5.32 Å². The number of nitrogens with one attached hydrogen (secondary N) is 1. The molecule has 0 saturated heterocycles. The molecular weight excluding hydrogens is 252 g/mol. The lowest BCUT2D eigenvalue weighted by molar-refractivity contribution is 0.102. The molecule has 0 spiro atoms. The molecule has 0 aliphatic heterocycles. The van der Waals surface area contributed by atoms with E-state index in [0.29, 0.717) is 5.56 Å². The average Bonchev–Trinajstić information content (AvgIpc) is 2.46. The number of rotatable bonds is 5. The third kappa shape index (κ3) is 3.90. The Kier molecular flexibility index (Phi) is 4.85. The number of nitrogens with zero attached hydrogens (tertiary/aromatic N) is 1. The molecule has 20 heavy (non-hydrogen) atoms. The van der Waals surface area contributed by atoms with Gasteiger partial charge in [-0.05, 0) is 49.6 Å². The minimum absolute atomic E-state index is 0.170. The monoisotopic (exact) mass is 270 g/mol. The van der Waals surface area contributed by atoms with Gasteiger partial charge in [-0.25, -0.2) is 0 Å². The fourth-order valence-corrected chi connectivity index (χ4v) is 1.89. The zero-order chi connectivity index (χ0) is 14.4. The van der Waals surface area contributed by atoms with Crippen molar-refractivity contribution < 1.29 is 9.90 Å². The van der Waals surface area contributed by atoms with Crippen molar-refractivity contribution in [2.75, 3.05) is 11.9 Å². The molecule has 1 aromatic heterocycles. The fourth-order valence-electron chi connectivity index (χ4n) is 1.89. The zero-order valence-corrected chi connectivity index (χ0v) is 11.5. The van der Waals surface area contributed by atoms with E-state index in [1.807, 2.05) is 37.3 Å². The maximum absolute atomic E-state index is 12.1. The summed E-state index contributed by atoms with van der Waals surface area (Å²) in [5, 5.41) is 11.7. The highest BCUT2D eigenvalue weighted by Crippen LogP contribution is 2.13. The fraction of sp³-hybridized carbons (Fsp3) is 0.250. The molecule has 4 heteroatoms. The van der Waals surface area contributed by atoms with Gasteiger partial charge in [-0.15, -0.1) is 0 Å². The Morgan fingerprint density at radius 3 is 2.85 bits per heavy atom. The van der Waals surface area contributed by atoms with Crippen molar-refractivity contribution in [3.05, 3.63) is 59.4 Å². The van der Waals surface area contributed by atoms with Gasteiger partial charge in [-0.3, -0.25) is 9.78 Å². The van der Waals surface area contributed by atoms with Crippen molar-refractivity contribution in [1.29, 1.82) is 0 Å². The summed E-state index contributed by atoms with van der Waals surface area (Å²) in [6.07, 6.45) is 3.09. The van der Waals surface area contributed by atoms with E-state index in [1.54, 1.807) is 12.3 Å². The first-order valence-electron chi connectivity index (χ1n) is 6.63. The summed E-state index contributed by atoms with van der Waals surface area (Å²) in [4.78, 5) is 16.2. The predicted octanol–water partition coefficient (Wildman–Crippen LogP) is 2.57. The van der Waals surface area contributed by atoms with Crippen LogP contribution in [0, 0.1) is 6.92 Å². The number of hydrogen-bond acceptors (Lipinski definition) is 3. The Balaban J connectivity index is 2.05. The molecule has 104 valence electrons. The van der Waals surface area contributed by atoms with Gasteiger partial charge < -0.3 is 10.4 Å². The number of aromatic nitrogens is 1. The molecule has 0 atom stereocenters. The molecule has 1 amide bonds. The number of amides is 1. The van der Waals surface area contributed by atoms with Crippen LogP contribution in [0.15, 0.2) is 42.6 Å². The Morgan fingerprint density at radius 2 is 2.15 bits per heavy atom. The minimum atomic E-state index is -0.170. The van der Waals surface area contributed by atoms with Gasteiger partial charge in [-0.1, -0.05) is 12.1 Å². The standard InChI is InChI=1S/C16H18N2O2/c1-12-7-8-14(11-17-12)16(20)18-15-6-2-4-13(10-15)5-3-9-19/h2,4,6-8,10-11,19H,3,5,9H2,1H3,(H,18,20). The number of benzene rings is 1. The number of aliphatic hydroxyl groups excluding tert-OH is 1. The molecule has 0 saturated carbocycles. The number of aliphatic hydroxyl groups is 1. The van der Waals surface area contributed by atoms with Gasteiger partial charge >= 0.3 is 0 Å². The Labute approximate surface area is 118 Å². The SMILES string of the molecule is Cc1ccc(C(=O)Nc2cccc(CCCO)c2)cn1. The smallest absolute Gasteiger partial charge is 0.257 e. The van der Waals surface area contributed by atoms with E-state index in [4.69, 9.17) is 5.11 Å². The highest BCUT2D eigenvalue weighted by atomic mass is 16.2. The third-order valence-electron chi connectivity index (χ3n) is 2.98. The van der Waals surface area contributed by atoms with Crippen LogP contribution in [0.3, 0.4) is 0 Å². The molecule has 2 rings (SSSR count).